The fourth-order valence-corrected chi connectivity index (χ4v) is 4.94. The van der Waals surface area contributed by atoms with Crippen molar-refractivity contribution in [2.45, 2.75) is 38.1 Å². The van der Waals surface area contributed by atoms with Crippen LogP contribution in [0.2, 0.25) is 0 Å². The van der Waals surface area contributed by atoms with E-state index in [1.54, 1.807) is 14.2 Å². The Bertz CT molecular complexity index is 914. The maximum atomic E-state index is 12.9. The van der Waals surface area contributed by atoms with Crippen molar-refractivity contribution in [1.29, 1.82) is 0 Å². The van der Waals surface area contributed by atoms with Crippen LogP contribution in [-0.4, -0.2) is 62.9 Å². The Labute approximate surface area is 194 Å². The van der Waals surface area contributed by atoms with Gasteiger partial charge in [0.25, 0.3) is 5.91 Å². The number of nitrogens with two attached hydrogens (primary N) is 1. The second-order valence-electron chi connectivity index (χ2n) is 7.80. The van der Waals surface area contributed by atoms with E-state index >= 15 is 0 Å². The fraction of sp³-hybridized carbons (Fsp3) is 0.522. The molecule has 0 fully saturated rings. The number of carbonyl (C=O) groups is 1. The first-order chi connectivity index (χ1) is 15.6. The Morgan fingerprint density at radius 2 is 2.22 bits per heavy atom. The first-order valence-electron chi connectivity index (χ1n) is 11.1. The molecular formula is C23H34N6O2S. The molecule has 9 heteroatoms. The summed E-state index contributed by atoms with van der Waals surface area (Å²) < 4.78 is 5.16. The van der Waals surface area contributed by atoms with Crippen molar-refractivity contribution in [3.63, 3.8) is 0 Å². The first-order valence-corrected chi connectivity index (χ1v) is 11.9. The summed E-state index contributed by atoms with van der Waals surface area (Å²) in [5.41, 5.74) is 9.00. The van der Waals surface area contributed by atoms with Crippen LogP contribution in [0.3, 0.4) is 0 Å². The Morgan fingerprint density at radius 3 is 2.88 bits per heavy atom. The number of rotatable bonds is 10. The van der Waals surface area contributed by atoms with E-state index in [1.807, 2.05) is 13.1 Å². The highest BCUT2D eigenvalue weighted by molar-refractivity contribution is 8.29. The number of amides is 1. The molecule has 174 valence electrons. The monoisotopic (exact) mass is 458 g/mol. The minimum atomic E-state index is -0.174. The predicted molar refractivity (Wildman–Crippen MR) is 133 cm³/mol. The molecule has 0 saturated carbocycles. The van der Waals surface area contributed by atoms with Crippen molar-refractivity contribution in [2.24, 2.45) is 15.7 Å². The minimum absolute atomic E-state index is 0.0482. The van der Waals surface area contributed by atoms with Gasteiger partial charge in [0.1, 0.15) is 16.6 Å². The zero-order valence-corrected chi connectivity index (χ0v) is 20.2. The summed E-state index contributed by atoms with van der Waals surface area (Å²) in [4.78, 5) is 24.3. The van der Waals surface area contributed by atoms with E-state index in [1.165, 1.54) is 17.3 Å². The Balaban J connectivity index is 1.91. The highest BCUT2D eigenvalue weighted by Crippen LogP contribution is 2.41. The number of aliphatic imine (C=N–C) groups is 2. The molecule has 0 bridgehead atoms. The lowest BCUT2D eigenvalue weighted by Gasteiger charge is -2.24. The first kappa shape index (κ1) is 24.3. The van der Waals surface area contributed by atoms with Crippen molar-refractivity contribution in [3.05, 3.63) is 41.3 Å². The molecule has 0 saturated heterocycles. The van der Waals surface area contributed by atoms with Crippen molar-refractivity contribution in [2.75, 3.05) is 45.8 Å². The van der Waals surface area contributed by atoms with Crippen LogP contribution in [0.5, 0.6) is 0 Å². The van der Waals surface area contributed by atoms with E-state index < -0.39 is 0 Å². The summed E-state index contributed by atoms with van der Waals surface area (Å²) in [5.74, 6) is 1.03. The van der Waals surface area contributed by atoms with Gasteiger partial charge in [-0.15, -0.1) is 0 Å². The molecular weight excluding hydrogens is 424 g/mol. The number of benzene rings is 1. The molecule has 1 amide bonds. The number of methoxy groups -OCH3 is 1. The number of hydrogen-bond acceptors (Lipinski definition) is 8. The minimum Gasteiger partial charge on any atom is -0.385 e. The van der Waals surface area contributed by atoms with Gasteiger partial charge in [0, 0.05) is 52.0 Å². The Morgan fingerprint density at radius 1 is 1.44 bits per heavy atom. The lowest BCUT2D eigenvalue weighted by Crippen LogP contribution is -2.38. The molecule has 2 atom stereocenters. The van der Waals surface area contributed by atoms with E-state index in [0.29, 0.717) is 29.8 Å². The third-order valence-electron chi connectivity index (χ3n) is 5.82. The van der Waals surface area contributed by atoms with Gasteiger partial charge in [-0.1, -0.05) is 25.1 Å². The highest BCUT2D eigenvalue weighted by atomic mass is 32.2. The summed E-state index contributed by atoms with van der Waals surface area (Å²) >= 11 is 1.31. The van der Waals surface area contributed by atoms with Gasteiger partial charge in [-0.25, -0.2) is 4.99 Å². The molecule has 0 spiro atoms. The van der Waals surface area contributed by atoms with Crippen LogP contribution >= 0.6 is 11.8 Å². The van der Waals surface area contributed by atoms with Crippen LogP contribution < -0.4 is 21.3 Å². The fourth-order valence-electron chi connectivity index (χ4n) is 4.14. The molecule has 2 unspecified atom stereocenters. The molecule has 0 aliphatic carbocycles. The van der Waals surface area contributed by atoms with Crippen LogP contribution in [0.25, 0.3) is 0 Å². The summed E-state index contributed by atoms with van der Waals surface area (Å²) in [6.07, 6.45) is 2.52. The third-order valence-corrected chi connectivity index (χ3v) is 6.86. The molecule has 2 aliphatic rings. The van der Waals surface area contributed by atoms with Crippen LogP contribution in [-0.2, 0) is 9.53 Å². The lowest BCUT2D eigenvalue weighted by atomic mass is 9.98. The lowest BCUT2D eigenvalue weighted by molar-refractivity contribution is -0.115. The van der Waals surface area contributed by atoms with E-state index in [0.717, 1.165) is 42.4 Å². The number of nitrogens with one attached hydrogen (secondary N) is 2. The molecule has 8 nitrogen and oxygen atoms in total. The maximum absolute atomic E-state index is 12.9. The van der Waals surface area contributed by atoms with Crippen LogP contribution in [0.1, 0.15) is 37.7 Å². The number of nitrogens with zero attached hydrogens (tertiary/aromatic N) is 3. The second-order valence-corrected chi connectivity index (χ2v) is 8.78. The van der Waals surface area contributed by atoms with Crippen molar-refractivity contribution in [1.82, 2.24) is 10.6 Å². The van der Waals surface area contributed by atoms with Crippen molar-refractivity contribution >= 4 is 33.4 Å². The zero-order valence-electron chi connectivity index (χ0n) is 19.4. The number of carbonyl (C=O) groups excluding carboxylic acids is 1. The quantitative estimate of drug-likeness (QED) is 0.497. The van der Waals surface area contributed by atoms with Crippen LogP contribution in [0, 0.1) is 0 Å². The molecule has 1 aromatic rings. The summed E-state index contributed by atoms with van der Waals surface area (Å²) in [6, 6.07) is 8.44. The molecule has 3 rings (SSSR count). The maximum Gasteiger partial charge on any atom is 0.277 e. The largest absolute Gasteiger partial charge is 0.385 e. The van der Waals surface area contributed by atoms with Crippen molar-refractivity contribution < 1.29 is 9.53 Å². The van der Waals surface area contributed by atoms with Gasteiger partial charge in [0.2, 0.25) is 0 Å². The van der Waals surface area contributed by atoms with Gasteiger partial charge in [-0.3, -0.25) is 9.79 Å². The smallest absolute Gasteiger partial charge is 0.277 e. The third kappa shape index (κ3) is 5.16. The number of ether oxygens (including phenoxy) is 1. The Kier molecular flexibility index (Phi) is 8.72. The highest BCUT2D eigenvalue weighted by Gasteiger charge is 2.35. The molecule has 0 radical (unpaired) electrons. The van der Waals surface area contributed by atoms with E-state index in [9.17, 15) is 4.79 Å². The number of anilines is 1. The van der Waals surface area contributed by atoms with Gasteiger partial charge in [0.05, 0.1) is 0 Å². The summed E-state index contributed by atoms with van der Waals surface area (Å²) in [7, 11) is 5.28. The Hall–Kier alpha value is -2.36. The molecule has 1 aromatic carbocycles. The summed E-state index contributed by atoms with van der Waals surface area (Å²) in [6.45, 7) is 4.10. The van der Waals surface area contributed by atoms with E-state index in [2.05, 4.69) is 45.6 Å². The van der Waals surface area contributed by atoms with Gasteiger partial charge < -0.3 is 26.0 Å². The SMILES string of the molecule is CCC(CCOC)NC(=O)C1=NC(=C(/NC)N2CC(CCN)c3ccccc32)/C(=N\C)S1. The zero-order chi connectivity index (χ0) is 23.1. The number of fused-ring (bicyclic) bond motifs is 1. The molecule has 32 heavy (non-hydrogen) atoms. The standard InChI is InChI=1S/C23H34N6O2S/c1-5-16(11-13-31-4)27-21(30)23-28-19(22(26-3)32-23)20(25-2)29-14-15(10-12-24)17-8-6-7-9-18(17)29/h6-9,15-16,25H,5,10-14,24H2,1-4H3,(H,27,30)/b20-19-,26-22+. The number of thioether (sulfide) groups is 1. The van der Waals surface area contributed by atoms with Crippen LogP contribution in [0.15, 0.2) is 45.8 Å². The molecule has 2 aliphatic heterocycles. The van der Waals surface area contributed by atoms with Crippen molar-refractivity contribution in [3.8, 4) is 0 Å². The topological polar surface area (TPSA) is 104 Å². The van der Waals surface area contributed by atoms with Gasteiger partial charge >= 0.3 is 0 Å². The molecule has 2 heterocycles. The molecule has 0 aromatic heterocycles. The predicted octanol–water partition coefficient (Wildman–Crippen LogP) is 2.43. The normalized spacial score (nSPS) is 21.4. The summed E-state index contributed by atoms with van der Waals surface area (Å²) in [5, 5.41) is 7.53. The van der Waals surface area contributed by atoms with E-state index in [-0.39, 0.29) is 11.9 Å². The number of hydrogen-bond donors (Lipinski definition) is 3. The average Bonchev–Trinajstić information content (AvgIpc) is 3.40. The van der Waals surface area contributed by atoms with Gasteiger partial charge in [0.15, 0.2) is 5.04 Å². The average molecular weight is 459 g/mol. The van der Waals surface area contributed by atoms with E-state index in [4.69, 9.17) is 15.5 Å². The van der Waals surface area contributed by atoms with Gasteiger partial charge in [-0.05, 0) is 49.2 Å². The molecule has 4 N–H and O–H groups in total. The number of para-hydroxylation sites is 1. The van der Waals surface area contributed by atoms with Gasteiger partial charge in [-0.2, -0.15) is 0 Å². The second kappa shape index (κ2) is 11.5. The van der Waals surface area contributed by atoms with Crippen LogP contribution in [0.4, 0.5) is 5.69 Å².